The van der Waals surface area contributed by atoms with E-state index in [4.69, 9.17) is 0 Å². The zero-order chi connectivity index (χ0) is 14.3. The topological polar surface area (TPSA) is 9.23 Å². The molecule has 0 bridgehead atoms. The van der Waals surface area contributed by atoms with Crippen LogP contribution < -0.4 is 4.74 Å². The number of ether oxygens (including phenoxy) is 1. The number of alkyl halides is 4. The van der Waals surface area contributed by atoms with Crippen LogP contribution in [0.5, 0.6) is 5.75 Å². The molecule has 0 atom stereocenters. The largest absolute Gasteiger partial charge is 0.487 e. The fourth-order valence-corrected chi connectivity index (χ4v) is 1.20. The van der Waals surface area contributed by atoms with Crippen molar-refractivity contribution in [3.05, 3.63) is 48.1 Å². The highest BCUT2D eigenvalue weighted by Gasteiger charge is 2.41. The van der Waals surface area contributed by atoms with Crippen LogP contribution in [0.2, 0.25) is 0 Å². The predicted molar refractivity (Wildman–Crippen MR) is 66.7 cm³/mol. The van der Waals surface area contributed by atoms with Crippen LogP contribution in [0.4, 0.5) is 17.6 Å². The molecule has 0 heterocycles. The summed E-state index contributed by atoms with van der Waals surface area (Å²) in [6, 6.07) is 6.21. The van der Waals surface area contributed by atoms with E-state index in [1.54, 1.807) is 12.1 Å². The van der Waals surface area contributed by atoms with Crippen LogP contribution in [0, 0.1) is 0 Å². The van der Waals surface area contributed by atoms with Gasteiger partial charge in [-0.25, -0.2) is 8.78 Å². The Balaban J connectivity index is 2.58. The van der Waals surface area contributed by atoms with E-state index in [-0.39, 0.29) is 5.75 Å². The Morgan fingerprint density at radius 2 is 1.79 bits per heavy atom. The number of allylic oxidation sites excluding steroid dienone is 3. The monoisotopic (exact) mass is 274 g/mol. The molecule has 0 aliphatic heterocycles. The van der Waals surface area contributed by atoms with Gasteiger partial charge < -0.3 is 4.74 Å². The number of hydrogen-bond donors (Lipinski definition) is 0. The fourth-order valence-electron chi connectivity index (χ4n) is 1.20. The summed E-state index contributed by atoms with van der Waals surface area (Å²) in [5, 5.41) is 0. The van der Waals surface area contributed by atoms with E-state index in [9.17, 15) is 17.6 Å². The van der Waals surface area contributed by atoms with E-state index >= 15 is 0 Å². The van der Waals surface area contributed by atoms with E-state index in [0.717, 1.165) is 5.56 Å². The molecule has 1 aromatic rings. The maximum atomic E-state index is 12.6. The van der Waals surface area contributed by atoms with Gasteiger partial charge in [0, 0.05) is 0 Å². The second-order valence-corrected chi connectivity index (χ2v) is 3.80. The van der Waals surface area contributed by atoms with Crippen LogP contribution in [0.1, 0.15) is 12.5 Å². The molecule has 0 N–H and O–H groups in total. The Hall–Kier alpha value is -1.78. The third-order valence-electron chi connectivity index (χ3n) is 2.22. The van der Waals surface area contributed by atoms with Crippen molar-refractivity contribution in [1.29, 1.82) is 0 Å². The lowest BCUT2D eigenvalue weighted by molar-refractivity contribution is -0.148. The first-order valence-corrected chi connectivity index (χ1v) is 5.64. The molecule has 1 aromatic carbocycles. The van der Waals surface area contributed by atoms with Crippen LogP contribution in [0.15, 0.2) is 42.5 Å². The van der Waals surface area contributed by atoms with Crippen LogP contribution in [0.25, 0.3) is 6.08 Å². The molecular weight excluding hydrogens is 260 g/mol. The molecule has 0 amide bonds. The molecule has 0 saturated carbocycles. The summed E-state index contributed by atoms with van der Waals surface area (Å²) in [7, 11) is 0. The third-order valence-corrected chi connectivity index (χ3v) is 2.22. The summed E-state index contributed by atoms with van der Waals surface area (Å²) in [5.74, 6) is -4.01. The van der Waals surface area contributed by atoms with Gasteiger partial charge in [-0.3, -0.25) is 0 Å². The van der Waals surface area contributed by atoms with Crippen molar-refractivity contribution in [1.82, 2.24) is 0 Å². The van der Waals surface area contributed by atoms with Gasteiger partial charge in [-0.1, -0.05) is 36.4 Å². The van der Waals surface area contributed by atoms with Crippen molar-refractivity contribution in [3.8, 4) is 5.75 Å². The standard InChI is InChI=1S/C14H14F4O/c1-2-3-4-5-11-6-8-12(9-7-11)19-10-14(17,18)13(15)16/h2-9,13H,10H2,1H3/b3-2+,5-4+. The molecule has 104 valence electrons. The SMILES string of the molecule is C/C=C/C=C/c1ccc(OCC(F)(F)C(F)F)cc1. The molecule has 0 saturated heterocycles. The van der Waals surface area contributed by atoms with Crippen molar-refractivity contribution in [3.63, 3.8) is 0 Å². The third kappa shape index (κ3) is 5.16. The smallest absolute Gasteiger partial charge is 0.340 e. The average molecular weight is 274 g/mol. The van der Waals surface area contributed by atoms with E-state index in [0.29, 0.717) is 0 Å². The van der Waals surface area contributed by atoms with Gasteiger partial charge in [-0.2, -0.15) is 8.78 Å². The van der Waals surface area contributed by atoms with Gasteiger partial charge in [0.25, 0.3) is 0 Å². The molecule has 0 aromatic heterocycles. The second-order valence-electron chi connectivity index (χ2n) is 3.80. The molecule has 19 heavy (non-hydrogen) atoms. The maximum absolute atomic E-state index is 12.6. The minimum absolute atomic E-state index is 0.128. The van der Waals surface area contributed by atoms with Crippen LogP contribution >= 0.6 is 0 Å². The Kier molecular flexibility index (Phi) is 5.60. The molecule has 5 heteroatoms. The first-order valence-electron chi connectivity index (χ1n) is 5.64. The first kappa shape index (κ1) is 15.3. The molecule has 1 nitrogen and oxygen atoms in total. The maximum Gasteiger partial charge on any atom is 0.340 e. The Bertz CT molecular complexity index is 435. The van der Waals surface area contributed by atoms with Gasteiger partial charge >= 0.3 is 12.3 Å². The minimum Gasteiger partial charge on any atom is -0.487 e. The van der Waals surface area contributed by atoms with Gasteiger partial charge in [0.05, 0.1) is 0 Å². The van der Waals surface area contributed by atoms with Gasteiger partial charge in [0.15, 0.2) is 6.61 Å². The van der Waals surface area contributed by atoms with Crippen molar-refractivity contribution < 1.29 is 22.3 Å². The molecule has 0 spiro atoms. The lowest BCUT2D eigenvalue weighted by Crippen LogP contribution is -2.33. The normalized spacial score (nSPS) is 12.7. The van der Waals surface area contributed by atoms with Crippen LogP contribution in [-0.2, 0) is 0 Å². The number of benzene rings is 1. The van der Waals surface area contributed by atoms with Crippen molar-refractivity contribution in [2.45, 2.75) is 19.3 Å². The minimum atomic E-state index is -4.13. The highest BCUT2D eigenvalue weighted by Crippen LogP contribution is 2.24. The highest BCUT2D eigenvalue weighted by molar-refractivity contribution is 5.52. The summed E-state index contributed by atoms with van der Waals surface area (Å²) >= 11 is 0. The zero-order valence-corrected chi connectivity index (χ0v) is 10.3. The van der Waals surface area contributed by atoms with Crippen molar-refractivity contribution >= 4 is 6.08 Å². The molecule has 0 aliphatic rings. The summed E-state index contributed by atoms with van der Waals surface area (Å²) < 4.78 is 53.7. The lowest BCUT2D eigenvalue weighted by atomic mass is 10.2. The van der Waals surface area contributed by atoms with E-state index < -0.39 is 19.0 Å². The highest BCUT2D eigenvalue weighted by atomic mass is 19.3. The van der Waals surface area contributed by atoms with Crippen LogP contribution in [0.3, 0.4) is 0 Å². The van der Waals surface area contributed by atoms with Crippen LogP contribution in [-0.4, -0.2) is 19.0 Å². The number of rotatable bonds is 6. The summed E-state index contributed by atoms with van der Waals surface area (Å²) in [6.45, 7) is 0.545. The predicted octanol–water partition coefficient (Wildman–Crippen LogP) is 4.56. The quantitative estimate of drug-likeness (QED) is 0.546. The second kappa shape index (κ2) is 6.97. The fraction of sp³-hybridized carbons (Fsp3) is 0.286. The molecular formula is C14H14F4O. The Morgan fingerprint density at radius 1 is 1.16 bits per heavy atom. The van der Waals surface area contributed by atoms with Gasteiger partial charge in [0.2, 0.25) is 0 Å². The van der Waals surface area contributed by atoms with Gasteiger partial charge in [0.1, 0.15) is 5.75 Å². The first-order chi connectivity index (χ1) is 8.95. The zero-order valence-electron chi connectivity index (χ0n) is 10.3. The van der Waals surface area contributed by atoms with Gasteiger partial charge in [-0.15, -0.1) is 0 Å². The molecule has 0 fully saturated rings. The van der Waals surface area contributed by atoms with E-state index in [1.807, 2.05) is 31.2 Å². The Labute approximate surface area is 109 Å². The van der Waals surface area contributed by atoms with Gasteiger partial charge in [-0.05, 0) is 24.6 Å². The van der Waals surface area contributed by atoms with E-state index in [1.165, 1.54) is 12.1 Å². The van der Waals surface area contributed by atoms with E-state index in [2.05, 4.69) is 4.74 Å². The average Bonchev–Trinajstić information content (AvgIpc) is 2.38. The molecule has 0 aliphatic carbocycles. The number of hydrogen-bond acceptors (Lipinski definition) is 1. The molecule has 0 unspecified atom stereocenters. The Morgan fingerprint density at radius 3 is 2.32 bits per heavy atom. The summed E-state index contributed by atoms with van der Waals surface area (Å²) in [5.41, 5.74) is 0.853. The molecule has 1 rings (SSSR count). The lowest BCUT2D eigenvalue weighted by Gasteiger charge is -2.15. The van der Waals surface area contributed by atoms with Crippen molar-refractivity contribution in [2.75, 3.05) is 6.61 Å². The number of halogens is 4. The summed E-state index contributed by atoms with van der Waals surface area (Å²) in [4.78, 5) is 0. The summed E-state index contributed by atoms with van der Waals surface area (Å²) in [6.07, 6.45) is 3.61. The van der Waals surface area contributed by atoms with Crippen molar-refractivity contribution in [2.24, 2.45) is 0 Å². The molecule has 0 radical (unpaired) electrons.